The summed E-state index contributed by atoms with van der Waals surface area (Å²) in [7, 11) is 0. The monoisotopic (exact) mass is 414 g/mol. The van der Waals surface area contributed by atoms with Crippen LogP contribution >= 0.6 is 0 Å². The molecule has 0 spiro atoms. The van der Waals surface area contributed by atoms with Gasteiger partial charge in [-0.15, -0.1) is 0 Å². The first-order valence-electron chi connectivity index (χ1n) is 11.3. The van der Waals surface area contributed by atoms with Crippen LogP contribution in [0.4, 0.5) is 11.4 Å². The van der Waals surface area contributed by atoms with Gasteiger partial charge in [0.05, 0.1) is 11.6 Å². The summed E-state index contributed by atoms with van der Waals surface area (Å²) in [5, 5.41) is 1.19. The zero-order chi connectivity index (χ0) is 21.7. The summed E-state index contributed by atoms with van der Waals surface area (Å²) in [6, 6.07) is 28.7. The van der Waals surface area contributed by atoms with E-state index >= 15 is 0 Å². The molecule has 2 atom stereocenters. The Labute approximate surface area is 189 Å². The van der Waals surface area contributed by atoms with Gasteiger partial charge in [-0.2, -0.15) is 0 Å². The van der Waals surface area contributed by atoms with E-state index in [4.69, 9.17) is 0 Å². The highest BCUT2D eigenvalue weighted by Crippen LogP contribution is 2.50. The molecule has 2 aliphatic rings. The van der Waals surface area contributed by atoms with Crippen LogP contribution in [0.2, 0.25) is 0 Å². The molecule has 2 heteroatoms. The standard InChI is InChI=1S/C30H26N2/c1-30(2)25-14-3-5-17-28(25)32(29-18-6-4-15-26(29)30)22-11-7-10-21(20-22)23-12-8-16-27-24(23)13-9-19-31-27/h3-20,25,28H,1-2H3. The predicted octanol–water partition coefficient (Wildman–Crippen LogP) is 7.44. The van der Waals surface area contributed by atoms with E-state index in [1.165, 1.54) is 33.5 Å². The van der Waals surface area contributed by atoms with E-state index in [0.29, 0.717) is 5.92 Å². The third-order valence-electron chi connectivity index (χ3n) is 7.18. The highest BCUT2D eigenvalue weighted by Gasteiger charge is 2.44. The van der Waals surface area contributed by atoms with E-state index in [1.807, 2.05) is 12.3 Å². The number of allylic oxidation sites excluding steroid dienone is 2. The fourth-order valence-corrected chi connectivity index (χ4v) is 5.57. The second-order valence-corrected chi connectivity index (χ2v) is 9.32. The third-order valence-corrected chi connectivity index (χ3v) is 7.18. The zero-order valence-corrected chi connectivity index (χ0v) is 18.4. The number of hydrogen-bond donors (Lipinski definition) is 0. The molecule has 0 bridgehead atoms. The van der Waals surface area contributed by atoms with E-state index in [1.54, 1.807) is 0 Å². The van der Waals surface area contributed by atoms with Gasteiger partial charge < -0.3 is 4.90 Å². The van der Waals surface area contributed by atoms with Crippen LogP contribution in [0.5, 0.6) is 0 Å². The van der Waals surface area contributed by atoms with E-state index < -0.39 is 0 Å². The molecule has 4 aromatic rings. The maximum absolute atomic E-state index is 4.55. The molecule has 0 fully saturated rings. The largest absolute Gasteiger partial charge is 0.334 e. The lowest BCUT2D eigenvalue weighted by atomic mass is 9.65. The van der Waals surface area contributed by atoms with Crippen molar-refractivity contribution < 1.29 is 0 Å². The van der Waals surface area contributed by atoms with E-state index in [9.17, 15) is 0 Å². The van der Waals surface area contributed by atoms with Crippen molar-refractivity contribution in [3.8, 4) is 11.1 Å². The number of pyridine rings is 1. The second-order valence-electron chi connectivity index (χ2n) is 9.32. The van der Waals surface area contributed by atoms with Gasteiger partial charge in [0.15, 0.2) is 0 Å². The molecule has 6 rings (SSSR count). The van der Waals surface area contributed by atoms with Crippen molar-refractivity contribution in [2.24, 2.45) is 5.92 Å². The van der Waals surface area contributed by atoms with Gasteiger partial charge in [0.1, 0.15) is 0 Å². The first-order chi connectivity index (χ1) is 15.6. The minimum atomic E-state index is 0.0674. The lowest BCUT2D eigenvalue weighted by Gasteiger charge is -2.50. The number of benzene rings is 3. The topological polar surface area (TPSA) is 16.1 Å². The van der Waals surface area contributed by atoms with Crippen molar-refractivity contribution >= 4 is 22.3 Å². The fourth-order valence-electron chi connectivity index (χ4n) is 5.57. The normalized spacial score (nSPS) is 20.8. The zero-order valence-electron chi connectivity index (χ0n) is 18.4. The van der Waals surface area contributed by atoms with Crippen molar-refractivity contribution in [1.29, 1.82) is 0 Å². The smallest absolute Gasteiger partial charge is 0.0708 e. The summed E-state index contributed by atoms with van der Waals surface area (Å²) in [5.41, 5.74) is 7.46. The Bertz CT molecular complexity index is 1370. The first-order valence-corrected chi connectivity index (χ1v) is 11.3. The molecule has 32 heavy (non-hydrogen) atoms. The van der Waals surface area contributed by atoms with Crippen LogP contribution < -0.4 is 4.90 Å². The molecule has 0 saturated heterocycles. The van der Waals surface area contributed by atoms with Gasteiger partial charge in [-0.1, -0.05) is 86.7 Å². The van der Waals surface area contributed by atoms with Crippen molar-refractivity contribution in [2.45, 2.75) is 25.3 Å². The molecule has 1 aromatic heterocycles. The van der Waals surface area contributed by atoms with Crippen LogP contribution in [0, 0.1) is 5.92 Å². The molecule has 0 radical (unpaired) electrons. The maximum atomic E-state index is 4.55. The molecule has 1 aliphatic heterocycles. The molecule has 0 amide bonds. The number of anilines is 2. The van der Waals surface area contributed by atoms with Crippen molar-refractivity contribution in [3.63, 3.8) is 0 Å². The summed E-state index contributed by atoms with van der Waals surface area (Å²) < 4.78 is 0. The predicted molar refractivity (Wildman–Crippen MR) is 134 cm³/mol. The number of nitrogens with zero attached hydrogens (tertiary/aromatic N) is 2. The van der Waals surface area contributed by atoms with Crippen LogP contribution in [0.1, 0.15) is 19.4 Å². The summed E-state index contributed by atoms with van der Waals surface area (Å²) in [5.74, 6) is 0.410. The van der Waals surface area contributed by atoms with Crippen LogP contribution in [-0.4, -0.2) is 11.0 Å². The SMILES string of the molecule is CC1(C)c2ccccc2N(c2cccc(-c3cccc4ncccc34)c2)C2C=CC=CC21. The molecule has 0 saturated carbocycles. The number of rotatable bonds is 2. The minimum absolute atomic E-state index is 0.0674. The summed E-state index contributed by atoms with van der Waals surface area (Å²) in [6.45, 7) is 4.76. The van der Waals surface area contributed by atoms with Gasteiger partial charge in [-0.3, -0.25) is 4.98 Å². The Morgan fingerprint density at radius 1 is 0.812 bits per heavy atom. The average Bonchev–Trinajstić information content (AvgIpc) is 2.84. The lowest BCUT2D eigenvalue weighted by Crippen LogP contribution is -2.49. The summed E-state index contributed by atoms with van der Waals surface area (Å²) in [6.07, 6.45) is 11.0. The highest BCUT2D eigenvalue weighted by molar-refractivity contribution is 5.95. The minimum Gasteiger partial charge on any atom is -0.334 e. The average molecular weight is 415 g/mol. The quantitative estimate of drug-likeness (QED) is 0.339. The number of aromatic nitrogens is 1. The Kier molecular flexibility index (Phi) is 4.29. The van der Waals surface area contributed by atoms with Gasteiger partial charge in [0.25, 0.3) is 0 Å². The molecule has 0 N–H and O–H groups in total. The Balaban J connectivity index is 1.54. The molecule has 2 unspecified atom stereocenters. The molecule has 156 valence electrons. The first kappa shape index (κ1) is 19.1. The number of para-hydroxylation sites is 1. The third kappa shape index (κ3) is 2.83. The van der Waals surface area contributed by atoms with Gasteiger partial charge in [-0.05, 0) is 47.0 Å². The highest BCUT2D eigenvalue weighted by atomic mass is 15.2. The van der Waals surface area contributed by atoms with Crippen LogP contribution in [0.15, 0.2) is 109 Å². The molecule has 2 nitrogen and oxygen atoms in total. The van der Waals surface area contributed by atoms with Crippen molar-refractivity contribution in [3.05, 3.63) is 115 Å². The maximum Gasteiger partial charge on any atom is 0.0708 e. The second kappa shape index (κ2) is 7.20. The lowest BCUT2D eigenvalue weighted by molar-refractivity contribution is 0.332. The van der Waals surface area contributed by atoms with Crippen molar-refractivity contribution in [1.82, 2.24) is 4.98 Å². The molecule has 3 aromatic carbocycles. The Morgan fingerprint density at radius 3 is 2.59 bits per heavy atom. The molecular formula is C30H26N2. The Hall–Kier alpha value is -3.65. The molecular weight excluding hydrogens is 388 g/mol. The van der Waals surface area contributed by atoms with E-state index in [-0.39, 0.29) is 11.5 Å². The Morgan fingerprint density at radius 2 is 1.66 bits per heavy atom. The summed E-state index contributed by atoms with van der Waals surface area (Å²) >= 11 is 0. The fraction of sp³-hybridized carbons (Fsp3) is 0.167. The molecule has 1 aliphatic carbocycles. The molecule has 2 heterocycles. The van der Waals surface area contributed by atoms with Crippen LogP contribution in [0.25, 0.3) is 22.0 Å². The van der Waals surface area contributed by atoms with Gasteiger partial charge >= 0.3 is 0 Å². The number of hydrogen-bond acceptors (Lipinski definition) is 2. The van der Waals surface area contributed by atoms with Gasteiger partial charge in [0.2, 0.25) is 0 Å². The van der Waals surface area contributed by atoms with E-state index in [2.05, 4.69) is 121 Å². The summed E-state index contributed by atoms with van der Waals surface area (Å²) in [4.78, 5) is 7.08. The van der Waals surface area contributed by atoms with Gasteiger partial charge in [-0.25, -0.2) is 0 Å². The van der Waals surface area contributed by atoms with Crippen LogP contribution in [0.3, 0.4) is 0 Å². The van der Waals surface area contributed by atoms with Gasteiger partial charge in [0, 0.05) is 34.3 Å². The van der Waals surface area contributed by atoms with Crippen LogP contribution in [-0.2, 0) is 5.41 Å². The van der Waals surface area contributed by atoms with Crippen molar-refractivity contribution in [2.75, 3.05) is 4.90 Å². The van der Waals surface area contributed by atoms with E-state index in [0.717, 1.165) is 5.52 Å². The number of fused-ring (bicyclic) bond motifs is 3.